The van der Waals surface area contributed by atoms with Gasteiger partial charge in [0.25, 0.3) is 0 Å². The Morgan fingerprint density at radius 3 is 2.53 bits per heavy atom. The minimum atomic E-state index is -3.69. The quantitative estimate of drug-likeness (QED) is 0.523. The van der Waals surface area contributed by atoms with Crippen molar-refractivity contribution in [1.29, 1.82) is 0 Å². The van der Waals surface area contributed by atoms with Crippen LogP contribution in [0.1, 0.15) is 19.4 Å². The second kappa shape index (κ2) is 9.88. The van der Waals surface area contributed by atoms with Gasteiger partial charge in [-0.3, -0.25) is 4.79 Å². The number of amides is 1. The highest BCUT2D eigenvalue weighted by Crippen LogP contribution is 2.29. The third-order valence-corrected chi connectivity index (χ3v) is 6.96. The van der Waals surface area contributed by atoms with Gasteiger partial charge in [0.15, 0.2) is 0 Å². The van der Waals surface area contributed by atoms with E-state index < -0.39 is 15.9 Å². The topological polar surface area (TPSA) is 119 Å². The fourth-order valence-electron chi connectivity index (χ4n) is 3.22. The van der Waals surface area contributed by atoms with Crippen LogP contribution in [0.25, 0.3) is 11.4 Å². The van der Waals surface area contributed by atoms with Crippen molar-refractivity contribution in [3.63, 3.8) is 0 Å². The van der Waals surface area contributed by atoms with Crippen LogP contribution in [0.4, 0.5) is 5.69 Å². The number of aromatic nitrogens is 4. The molecule has 0 radical (unpaired) electrons. The molecule has 10 nitrogen and oxygen atoms in total. The molecule has 0 spiro atoms. The summed E-state index contributed by atoms with van der Waals surface area (Å²) in [4.78, 5) is 13.9. The van der Waals surface area contributed by atoms with Crippen LogP contribution < -0.4 is 10.1 Å². The second-order valence-corrected chi connectivity index (χ2v) is 8.90. The zero-order valence-electron chi connectivity index (χ0n) is 18.4. The van der Waals surface area contributed by atoms with Gasteiger partial charge in [0, 0.05) is 18.7 Å². The largest absolute Gasteiger partial charge is 0.495 e. The van der Waals surface area contributed by atoms with E-state index in [1.807, 2.05) is 31.2 Å². The minimum absolute atomic E-state index is 0.0676. The lowest BCUT2D eigenvalue weighted by molar-refractivity contribution is -0.117. The molecule has 0 aliphatic rings. The first-order valence-corrected chi connectivity index (χ1v) is 11.6. The number of carbonyl (C=O) groups excluding carboxylic acids is 1. The van der Waals surface area contributed by atoms with Gasteiger partial charge in [-0.2, -0.15) is 9.10 Å². The molecular weight excluding hydrogens is 432 g/mol. The van der Waals surface area contributed by atoms with Gasteiger partial charge < -0.3 is 10.1 Å². The summed E-state index contributed by atoms with van der Waals surface area (Å²) < 4.78 is 32.3. The SMILES string of the molecule is CCN(CC)S(=O)(=O)c1ccc(OC)c(NC(=O)Cn2nnc(-c3ccccc3C)n2)c1. The standard InChI is InChI=1S/C21H26N6O4S/c1-5-26(6-2)32(29,30)16-11-12-19(31-4)18(13-16)22-20(28)14-27-24-21(23-25-27)17-10-8-7-9-15(17)3/h7-13H,5-6,14H2,1-4H3,(H,22,28). The van der Waals surface area contributed by atoms with Gasteiger partial charge in [0.2, 0.25) is 21.8 Å². The molecule has 32 heavy (non-hydrogen) atoms. The molecule has 0 unspecified atom stereocenters. The van der Waals surface area contributed by atoms with Crippen LogP contribution in [0.2, 0.25) is 0 Å². The summed E-state index contributed by atoms with van der Waals surface area (Å²) in [6, 6.07) is 12.0. The molecular formula is C21H26N6O4S. The van der Waals surface area contributed by atoms with Gasteiger partial charge in [-0.25, -0.2) is 8.42 Å². The molecule has 0 saturated carbocycles. The second-order valence-electron chi connectivity index (χ2n) is 6.96. The highest BCUT2D eigenvalue weighted by molar-refractivity contribution is 7.89. The number of sulfonamides is 1. The van der Waals surface area contributed by atoms with Gasteiger partial charge in [0.05, 0.1) is 17.7 Å². The Morgan fingerprint density at radius 1 is 1.16 bits per heavy atom. The number of nitrogens with one attached hydrogen (secondary N) is 1. The van der Waals surface area contributed by atoms with Crippen molar-refractivity contribution in [3.05, 3.63) is 48.0 Å². The highest BCUT2D eigenvalue weighted by atomic mass is 32.2. The van der Waals surface area contributed by atoms with E-state index in [0.29, 0.717) is 24.7 Å². The lowest BCUT2D eigenvalue weighted by Crippen LogP contribution is -2.30. The molecule has 3 aromatic rings. The van der Waals surface area contributed by atoms with Gasteiger partial charge >= 0.3 is 0 Å². The lowest BCUT2D eigenvalue weighted by Gasteiger charge is -2.19. The average Bonchev–Trinajstić information content (AvgIpc) is 3.22. The molecule has 0 bridgehead atoms. The van der Waals surface area contributed by atoms with Gasteiger partial charge in [-0.15, -0.1) is 10.2 Å². The molecule has 11 heteroatoms. The zero-order valence-corrected chi connectivity index (χ0v) is 19.3. The molecule has 3 rings (SSSR count). The summed E-state index contributed by atoms with van der Waals surface area (Å²) in [6.45, 7) is 5.96. The Morgan fingerprint density at radius 2 is 1.88 bits per heavy atom. The number of hydrogen-bond acceptors (Lipinski definition) is 7. The summed E-state index contributed by atoms with van der Waals surface area (Å²) >= 11 is 0. The molecule has 0 saturated heterocycles. The maximum absolute atomic E-state index is 12.8. The molecule has 0 fully saturated rings. The Balaban J connectivity index is 1.80. The predicted octanol–water partition coefficient (Wildman–Crippen LogP) is 2.33. The minimum Gasteiger partial charge on any atom is -0.495 e. The predicted molar refractivity (Wildman–Crippen MR) is 120 cm³/mol. The summed E-state index contributed by atoms with van der Waals surface area (Å²) in [5.74, 6) is 0.305. The fraction of sp³-hybridized carbons (Fsp3) is 0.333. The van der Waals surface area contributed by atoms with Crippen molar-refractivity contribution >= 4 is 21.6 Å². The van der Waals surface area contributed by atoms with Crippen molar-refractivity contribution in [2.75, 3.05) is 25.5 Å². The number of anilines is 1. The molecule has 0 atom stereocenters. The zero-order chi connectivity index (χ0) is 23.3. The van der Waals surface area contributed by atoms with Crippen molar-refractivity contribution in [2.45, 2.75) is 32.2 Å². The first-order valence-electron chi connectivity index (χ1n) is 10.1. The van der Waals surface area contributed by atoms with Crippen molar-refractivity contribution in [3.8, 4) is 17.1 Å². The first-order chi connectivity index (χ1) is 15.3. The molecule has 1 N–H and O–H groups in total. The first kappa shape index (κ1) is 23.4. The van der Waals surface area contributed by atoms with Crippen LogP contribution >= 0.6 is 0 Å². The number of benzene rings is 2. The summed E-state index contributed by atoms with van der Waals surface area (Å²) in [5.41, 5.74) is 2.06. The van der Waals surface area contributed by atoms with E-state index in [9.17, 15) is 13.2 Å². The number of nitrogens with zero attached hydrogens (tertiary/aromatic N) is 5. The molecule has 0 aliphatic heterocycles. The number of aryl methyl sites for hydroxylation is 1. The van der Waals surface area contributed by atoms with Crippen molar-refractivity contribution in [2.24, 2.45) is 0 Å². The van der Waals surface area contributed by atoms with Crippen LogP contribution in [0.15, 0.2) is 47.4 Å². The van der Waals surface area contributed by atoms with Gasteiger partial charge in [0.1, 0.15) is 12.3 Å². The maximum Gasteiger partial charge on any atom is 0.248 e. The van der Waals surface area contributed by atoms with E-state index >= 15 is 0 Å². The van der Waals surface area contributed by atoms with E-state index in [0.717, 1.165) is 11.1 Å². The number of rotatable bonds is 9. The van der Waals surface area contributed by atoms with Crippen LogP contribution in [-0.2, 0) is 21.4 Å². The van der Waals surface area contributed by atoms with E-state index in [4.69, 9.17) is 4.74 Å². The van der Waals surface area contributed by atoms with E-state index in [-0.39, 0.29) is 17.1 Å². The summed E-state index contributed by atoms with van der Waals surface area (Å²) in [7, 11) is -2.25. The van der Waals surface area contributed by atoms with E-state index in [1.54, 1.807) is 13.8 Å². The van der Waals surface area contributed by atoms with Crippen LogP contribution in [-0.4, -0.2) is 59.0 Å². The van der Waals surface area contributed by atoms with Crippen LogP contribution in [0, 0.1) is 6.92 Å². The number of carbonyl (C=O) groups is 1. The van der Waals surface area contributed by atoms with Crippen LogP contribution in [0.5, 0.6) is 5.75 Å². The lowest BCUT2D eigenvalue weighted by atomic mass is 10.1. The molecule has 1 aromatic heterocycles. The molecule has 2 aromatic carbocycles. The Hall–Kier alpha value is -3.31. The number of tetrazole rings is 1. The van der Waals surface area contributed by atoms with E-state index in [1.165, 1.54) is 34.4 Å². The third kappa shape index (κ3) is 4.94. The fourth-order valence-corrected chi connectivity index (χ4v) is 4.70. The molecule has 0 aliphatic carbocycles. The highest BCUT2D eigenvalue weighted by Gasteiger charge is 2.23. The Bertz CT molecular complexity index is 1200. The number of methoxy groups -OCH3 is 1. The van der Waals surface area contributed by atoms with Crippen molar-refractivity contribution in [1.82, 2.24) is 24.5 Å². The summed E-state index contributed by atoms with van der Waals surface area (Å²) in [6.07, 6.45) is 0. The van der Waals surface area contributed by atoms with Crippen LogP contribution in [0.3, 0.4) is 0 Å². The Labute approximate surface area is 187 Å². The average molecular weight is 459 g/mol. The number of ether oxygens (including phenoxy) is 1. The maximum atomic E-state index is 12.8. The smallest absolute Gasteiger partial charge is 0.248 e. The summed E-state index contributed by atoms with van der Waals surface area (Å²) in [5, 5.41) is 14.9. The van der Waals surface area contributed by atoms with Gasteiger partial charge in [-0.05, 0) is 35.9 Å². The van der Waals surface area contributed by atoms with Gasteiger partial charge in [-0.1, -0.05) is 38.1 Å². The molecule has 1 heterocycles. The van der Waals surface area contributed by atoms with E-state index in [2.05, 4.69) is 20.7 Å². The Kier molecular flexibility index (Phi) is 7.21. The molecule has 1 amide bonds. The molecule has 170 valence electrons. The number of hydrogen-bond donors (Lipinski definition) is 1. The van der Waals surface area contributed by atoms with Crippen molar-refractivity contribution < 1.29 is 17.9 Å². The third-order valence-electron chi connectivity index (χ3n) is 4.91. The monoisotopic (exact) mass is 458 g/mol. The normalized spacial score (nSPS) is 11.5.